The quantitative estimate of drug-likeness (QED) is 0.367. The highest BCUT2D eigenvalue weighted by Gasteiger charge is 2.28. The number of hydrogen-bond acceptors (Lipinski definition) is 3. The lowest BCUT2D eigenvalue weighted by molar-refractivity contribution is -0.138. The fourth-order valence-corrected chi connectivity index (χ4v) is 5.42. The third kappa shape index (κ3) is 7.69. The standard InChI is InChI=1S/C24H26Cl4N2O2S/c1-15(24(32)29-19-4-2-3-5-19)30(12-17-7-8-18(25)11-21(17)27)23(31)14-33-13-16-6-9-20(26)22(28)10-16/h6-11,15,19H,2-5,12-14H2,1H3,(H,29,32)/t15-/m1/s1. The summed E-state index contributed by atoms with van der Waals surface area (Å²) in [7, 11) is 0. The minimum Gasteiger partial charge on any atom is -0.352 e. The fraction of sp³-hybridized carbons (Fsp3) is 0.417. The molecule has 0 spiro atoms. The molecule has 1 saturated carbocycles. The summed E-state index contributed by atoms with van der Waals surface area (Å²) in [4.78, 5) is 27.8. The van der Waals surface area contributed by atoms with E-state index in [9.17, 15) is 9.59 Å². The molecule has 0 saturated heterocycles. The van der Waals surface area contributed by atoms with Crippen molar-refractivity contribution in [1.29, 1.82) is 0 Å². The molecule has 1 fully saturated rings. The first kappa shape index (κ1) is 26.5. The summed E-state index contributed by atoms with van der Waals surface area (Å²) >= 11 is 25.9. The summed E-state index contributed by atoms with van der Waals surface area (Å²) in [5.41, 5.74) is 1.71. The third-order valence-electron chi connectivity index (χ3n) is 5.70. The van der Waals surface area contributed by atoms with Crippen LogP contribution in [0.25, 0.3) is 0 Å². The van der Waals surface area contributed by atoms with Gasteiger partial charge in [0.2, 0.25) is 11.8 Å². The van der Waals surface area contributed by atoms with Crippen molar-refractivity contribution in [3.8, 4) is 0 Å². The van der Waals surface area contributed by atoms with Crippen LogP contribution in [0.5, 0.6) is 0 Å². The van der Waals surface area contributed by atoms with E-state index >= 15 is 0 Å². The number of halogens is 4. The van der Waals surface area contributed by atoms with Gasteiger partial charge in [-0.1, -0.05) is 71.4 Å². The molecule has 4 nitrogen and oxygen atoms in total. The molecule has 178 valence electrons. The van der Waals surface area contributed by atoms with Crippen molar-refractivity contribution in [2.75, 3.05) is 5.75 Å². The van der Waals surface area contributed by atoms with Gasteiger partial charge in [-0.2, -0.15) is 0 Å². The van der Waals surface area contributed by atoms with E-state index in [1.165, 1.54) is 11.8 Å². The van der Waals surface area contributed by atoms with Crippen molar-refractivity contribution in [3.63, 3.8) is 0 Å². The molecule has 1 aliphatic rings. The second-order valence-corrected chi connectivity index (χ2v) is 10.8. The highest BCUT2D eigenvalue weighted by atomic mass is 35.5. The van der Waals surface area contributed by atoms with E-state index in [-0.39, 0.29) is 30.2 Å². The van der Waals surface area contributed by atoms with E-state index in [1.807, 2.05) is 6.07 Å². The lowest BCUT2D eigenvalue weighted by Crippen LogP contribution is -2.50. The van der Waals surface area contributed by atoms with Crippen LogP contribution < -0.4 is 5.32 Å². The van der Waals surface area contributed by atoms with Crippen molar-refractivity contribution in [2.45, 2.75) is 57.0 Å². The number of nitrogens with one attached hydrogen (secondary N) is 1. The molecule has 0 bridgehead atoms. The molecule has 1 aliphatic carbocycles. The summed E-state index contributed by atoms with van der Waals surface area (Å²) in [5, 5.41) is 5.06. The number of carbonyl (C=O) groups is 2. The maximum Gasteiger partial charge on any atom is 0.242 e. The van der Waals surface area contributed by atoms with Crippen LogP contribution in [0, 0.1) is 0 Å². The van der Waals surface area contributed by atoms with Gasteiger partial charge in [-0.05, 0) is 55.2 Å². The lowest BCUT2D eigenvalue weighted by atomic mass is 10.1. The molecule has 2 aromatic carbocycles. The summed E-state index contributed by atoms with van der Waals surface area (Å²) in [6.07, 6.45) is 4.20. The highest BCUT2D eigenvalue weighted by Crippen LogP contribution is 2.26. The number of thioether (sulfide) groups is 1. The Morgan fingerprint density at radius 1 is 1.03 bits per heavy atom. The topological polar surface area (TPSA) is 49.4 Å². The molecular weight excluding hydrogens is 522 g/mol. The van der Waals surface area contributed by atoms with Crippen molar-refractivity contribution in [3.05, 3.63) is 67.6 Å². The lowest BCUT2D eigenvalue weighted by Gasteiger charge is -2.30. The van der Waals surface area contributed by atoms with Crippen LogP contribution in [0.1, 0.15) is 43.7 Å². The van der Waals surface area contributed by atoms with Crippen molar-refractivity contribution < 1.29 is 9.59 Å². The largest absolute Gasteiger partial charge is 0.352 e. The van der Waals surface area contributed by atoms with Crippen LogP contribution in [0.3, 0.4) is 0 Å². The van der Waals surface area contributed by atoms with Crippen molar-refractivity contribution >= 4 is 70.0 Å². The van der Waals surface area contributed by atoms with E-state index in [0.29, 0.717) is 25.8 Å². The predicted molar refractivity (Wildman–Crippen MR) is 139 cm³/mol. The van der Waals surface area contributed by atoms with Gasteiger partial charge in [-0.15, -0.1) is 11.8 Å². The Kier molecular flexibility index (Phi) is 10.1. The molecule has 0 aromatic heterocycles. The molecule has 1 atom stereocenters. The zero-order chi connectivity index (χ0) is 24.0. The van der Waals surface area contributed by atoms with Gasteiger partial charge in [0.25, 0.3) is 0 Å². The van der Waals surface area contributed by atoms with Gasteiger partial charge in [0.1, 0.15) is 6.04 Å². The van der Waals surface area contributed by atoms with E-state index < -0.39 is 6.04 Å². The van der Waals surface area contributed by atoms with Gasteiger partial charge in [0, 0.05) is 28.4 Å². The number of carbonyl (C=O) groups excluding carboxylic acids is 2. The minimum absolute atomic E-state index is 0.139. The van der Waals surface area contributed by atoms with Crippen LogP contribution in [0.15, 0.2) is 36.4 Å². The molecule has 0 aliphatic heterocycles. The predicted octanol–water partition coefficient (Wildman–Crippen LogP) is 7.01. The fourth-order valence-electron chi connectivity index (χ4n) is 3.78. The van der Waals surface area contributed by atoms with Crippen LogP contribution in [-0.2, 0) is 21.9 Å². The second-order valence-electron chi connectivity index (χ2n) is 8.16. The molecular formula is C24H26Cl4N2O2S. The van der Waals surface area contributed by atoms with Gasteiger partial charge >= 0.3 is 0 Å². The van der Waals surface area contributed by atoms with Crippen molar-refractivity contribution in [2.24, 2.45) is 0 Å². The maximum absolute atomic E-state index is 13.2. The smallest absolute Gasteiger partial charge is 0.242 e. The summed E-state index contributed by atoms with van der Waals surface area (Å²) < 4.78 is 0. The Balaban J connectivity index is 1.69. The Morgan fingerprint density at radius 2 is 1.76 bits per heavy atom. The molecule has 0 heterocycles. The third-order valence-corrected chi connectivity index (χ3v) is 8.02. The summed E-state index contributed by atoms with van der Waals surface area (Å²) in [6, 6.07) is 10.1. The molecule has 9 heteroatoms. The molecule has 0 radical (unpaired) electrons. The number of hydrogen-bond donors (Lipinski definition) is 1. The Bertz CT molecular complexity index is 998. The average Bonchev–Trinajstić information content (AvgIpc) is 3.28. The summed E-state index contributed by atoms with van der Waals surface area (Å²) in [6.45, 7) is 1.98. The van der Waals surface area contributed by atoms with Crippen LogP contribution in [0.2, 0.25) is 20.1 Å². The minimum atomic E-state index is -0.629. The molecule has 1 N–H and O–H groups in total. The molecule has 33 heavy (non-hydrogen) atoms. The van der Waals surface area contributed by atoms with Crippen LogP contribution in [0.4, 0.5) is 0 Å². The zero-order valence-electron chi connectivity index (χ0n) is 18.3. The molecule has 3 rings (SSSR count). The number of amides is 2. The Hall–Kier alpha value is -1.11. The monoisotopic (exact) mass is 546 g/mol. The van der Waals surface area contributed by atoms with Gasteiger partial charge < -0.3 is 10.2 Å². The maximum atomic E-state index is 13.2. The first-order valence-corrected chi connectivity index (χ1v) is 13.5. The molecule has 2 amide bonds. The van der Waals surface area contributed by atoms with E-state index in [1.54, 1.807) is 42.2 Å². The second kappa shape index (κ2) is 12.6. The Labute approximate surface area is 219 Å². The van der Waals surface area contributed by atoms with Crippen LogP contribution in [-0.4, -0.2) is 34.6 Å². The SMILES string of the molecule is C[C@H](C(=O)NC1CCCC1)N(Cc1ccc(Cl)cc1Cl)C(=O)CSCc1ccc(Cl)c(Cl)c1. The van der Waals surface area contributed by atoms with Crippen molar-refractivity contribution in [1.82, 2.24) is 10.2 Å². The molecule has 2 aromatic rings. The van der Waals surface area contributed by atoms with Gasteiger partial charge in [-0.25, -0.2) is 0 Å². The average molecular weight is 548 g/mol. The highest BCUT2D eigenvalue weighted by molar-refractivity contribution is 7.99. The first-order chi connectivity index (χ1) is 15.7. The Morgan fingerprint density at radius 3 is 2.42 bits per heavy atom. The first-order valence-electron chi connectivity index (χ1n) is 10.8. The van der Waals surface area contributed by atoms with E-state index in [4.69, 9.17) is 46.4 Å². The van der Waals surface area contributed by atoms with Gasteiger partial charge in [0.15, 0.2) is 0 Å². The summed E-state index contributed by atoms with van der Waals surface area (Å²) in [5.74, 6) is 0.530. The van der Waals surface area contributed by atoms with E-state index in [2.05, 4.69) is 5.32 Å². The van der Waals surface area contributed by atoms with Crippen LogP contribution >= 0.6 is 58.2 Å². The normalized spacial score (nSPS) is 14.8. The zero-order valence-corrected chi connectivity index (χ0v) is 22.1. The number of nitrogens with zero attached hydrogens (tertiary/aromatic N) is 1. The van der Waals surface area contributed by atoms with Gasteiger partial charge in [0.05, 0.1) is 15.8 Å². The molecule has 0 unspecified atom stereocenters. The van der Waals surface area contributed by atoms with Gasteiger partial charge in [-0.3, -0.25) is 9.59 Å². The number of benzene rings is 2. The number of rotatable bonds is 9. The van der Waals surface area contributed by atoms with E-state index in [0.717, 1.165) is 36.8 Å².